The maximum absolute atomic E-state index is 13.3. The van der Waals surface area contributed by atoms with Gasteiger partial charge in [0.2, 0.25) is 0 Å². The Kier molecular flexibility index (Phi) is 7.33. The summed E-state index contributed by atoms with van der Waals surface area (Å²) in [4.78, 5) is 18.7. The van der Waals surface area contributed by atoms with E-state index < -0.39 is 23.5 Å². The Labute approximate surface area is 193 Å². The Hall–Kier alpha value is -3.36. The van der Waals surface area contributed by atoms with E-state index in [1.807, 2.05) is 12.1 Å². The third kappa shape index (κ3) is 6.15. The molecular formula is C25H22F6N2O. The van der Waals surface area contributed by atoms with Gasteiger partial charge in [-0.2, -0.15) is 26.3 Å². The van der Waals surface area contributed by atoms with Crippen molar-refractivity contribution >= 4 is 11.5 Å². The number of pyridine rings is 1. The lowest BCUT2D eigenvalue weighted by molar-refractivity contribution is -0.0931. The molecule has 1 unspecified atom stereocenters. The van der Waals surface area contributed by atoms with E-state index in [-0.39, 0.29) is 23.5 Å². The lowest BCUT2D eigenvalue weighted by Gasteiger charge is -2.17. The fourth-order valence-corrected chi connectivity index (χ4v) is 3.68. The third-order valence-corrected chi connectivity index (χ3v) is 5.61. The predicted octanol–water partition coefficient (Wildman–Crippen LogP) is 6.72. The second-order valence-electron chi connectivity index (χ2n) is 8.05. The van der Waals surface area contributed by atoms with Crippen LogP contribution in [0.1, 0.15) is 40.7 Å². The van der Waals surface area contributed by atoms with E-state index >= 15 is 0 Å². The number of hydrogen-bond acceptors (Lipinski definition) is 2. The topological polar surface area (TPSA) is 33.2 Å². The molecule has 1 fully saturated rings. The number of carbonyl (C=O) groups is 1. The molecule has 0 aliphatic carbocycles. The van der Waals surface area contributed by atoms with Crippen molar-refractivity contribution in [2.45, 2.75) is 31.6 Å². The summed E-state index contributed by atoms with van der Waals surface area (Å²) < 4.78 is 77.8. The van der Waals surface area contributed by atoms with Gasteiger partial charge in [0.25, 0.3) is 5.91 Å². The van der Waals surface area contributed by atoms with E-state index in [0.29, 0.717) is 30.3 Å². The Morgan fingerprint density at radius 1 is 1.03 bits per heavy atom. The maximum atomic E-state index is 13.3. The maximum Gasteiger partial charge on any atom is 0.416 e. The number of carbonyl (C=O) groups excluding carboxylic acids is 1. The minimum absolute atomic E-state index is 0.0204. The molecule has 1 aromatic carbocycles. The summed E-state index contributed by atoms with van der Waals surface area (Å²) in [7, 11) is 0. The van der Waals surface area contributed by atoms with Crippen LogP contribution in [0.5, 0.6) is 0 Å². The molecule has 1 aliphatic heterocycles. The molecule has 1 amide bonds. The second-order valence-corrected chi connectivity index (χ2v) is 8.05. The summed E-state index contributed by atoms with van der Waals surface area (Å²) in [6, 6.07) is 9.74. The highest BCUT2D eigenvalue weighted by Gasteiger charge is 2.36. The summed E-state index contributed by atoms with van der Waals surface area (Å²) in [5.41, 5.74) is -1.20. The molecule has 180 valence electrons. The van der Waals surface area contributed by atoms with Gasteiger partial charge in [-0.3, -0.25) is 9.78 Å². The van der Waals surface area contributed by atoms with Crippen LogP contribution in [0.25, 0.3) is 5.57 Å². The minimum Gasteiger partial charge on any atom is -0.338 e. The molecule has 2 aromatic rings. The number of halogens is 6. The molecule has 2 heterocycles. The summed E-state index contributed by atoms with van der Waals surface area (Å²) in [5.74, 6) is -0.0157. The van der Waals surface area contributed by atoms with Crippen molar-refractivity contribution in [3.63, 3.8) is 0 Å². The van der Waals surface area contributed by atoms with E-state index in [1.54, 1.807) is 17.3 Å². The fourth-order valence-electron chi connectivity index (χ4n) is 3.68. The quantitative estimate of drug-likeness (QED) is 0.352. The van der Waals surface area contributed by atoms with Crippen molar-refractivity contribution < 1.29 is 31.1 Å². The first-order valence-electron chi connectivity index (χ1n) is 10.4. The van der Waals surface area contributed by atoms with Gasteiger partial charge in [-0.1, -0.05) is 24.8 Å². The van der Waals surface area contributed by atoms with Crippen molar-refractivity contribution in [2.24, 2.45) is 0 Å². The Bertz CT molecular complexity index is 1100. The molecule has 34 heavy (non-hydrogen) atoms. The number of benzene rings is 1. The zero-order valence-electron chi connectivity index (χ0n) is 18.2. The molecular weight excluding hydrogens is 458 g/mol. The molecule has 1 saturated heterocycles. The number of nitrogens with zero attached hydrogens (tertiary/aromatic N) is 2. The molecule has 0 N–H and O–H groups in total. The van der Waals surface area contributed by atoms with Gasteiger partial charge in [-0.05, 0) is 60.4 Å². The van der Waals surface area contributed by atoms with Crippen LogP contribution < -0.4 is 0 Å². The minimum atomic E-state index is -4.99. The molecule has 1 aliphatic rings. The van der Waals surface area contributed by atoms with Gasteiger partial charge >= 0.3 is 12.4 Å². The normalized spacial score (nSPS) is 17.7. The van der Waals surface area contributed by atoms with Gasteiger partial charge in [0, 0.05) is 42.5 Å². The zero-order chi connectivity index (χ0) is 25.1. The highest BCUT2D eigenvalue weighted by molar-refractivity contribution is 5.94. The summed E-state index contributed by atoms with van der Waals surface area (Å²) >= 11 is 0. The number of amides is 1. The van der Waals surface area contributed by atoms with Gasteiger partial charge in [0.1, 0.15) is 0 Å². The monoisotopic (exact) mass is 480 g/mol. The van der Waals surface area contributed by atoms with Crippen LogP contribution in [0.3, 0.4) is 0 Å². The van der Waals surface area contributed by atoms with Gasteiger partial charge in [0.15, 0.2) is 0 Å². The average molecular weight is 480 g/mol. The summed E-state index contributed by atoms with van der Waals surface area (Å²) in [6.45, 7) is 5.14. The van der Waals surface area contributed by atoms with Crippen LogP contribution in [-0.4, -0.2) is 41.2 Å². The molecule has 3 nitrogen and oxygen atoms in total. The Balaban J connectivity index is 1.75. The van der Waals surface area contributed by atoms with Crippen LogP contribution in [0, 0.1) is 0 Å². The van der Waals surface area contributed by atoms with Gasteiger partial charge in [-0.15, -0.1) is 0 Å². The molecule has 0 radical (unpaired) electrons. The SMILES string of the molecule is C=C(/C=C(\C=C(/C)c1ccc(C(=O)N2CCC(c3cccnc3)C2)cc1)C(F)(F)F)C(F)(F)F. The number of hydrogen-bond donors (Lipinski definition) is 0. The first-order chi connectivity index (χ1) is 15.9. The molecule has 1 aromatic heterocycles. The highest BCUT2D eigenvalue weighted by atomic mass is 19.4. The van der Waals surface area contributed by atoms with Crippen molar-refractivity contribution in [3.8, 4) is 0 Å². The zero-order valence-corrected chi connectivity index (χ0v) is 18.2. The van der Waals surface area contributed by atoms with Crippen LogP contribution >= 0.6 is 0 Å². The fraction of sp³-hybridized carbons (Fsp3) is 0.280. The largest absolute Gasteiger partial charge is 0.416 e. The van der Waals surface area contributed by atoms with Crippen molar-refractivity contribution in [1.82, 2.24) is 9.88 Å². The molecule has 0 spiro atoms. The summed E-state index contributed by atoms with van der Waals surface area (Å²) in [6.07, 6.45) is -5.10. The highest BCUT2D eigenvalue weighted by Crippen LogP contribution is 2.34. The molecule has 0 bridgehead atoms. The van der Waals surface area contributed by atoms with Crippen LogP contribution in [-0.2, 0) is 0 Å². The van der Waals surface area contributed by atoms with Crippen molar-refractivity contribution in [2.75, 3.05) is 13.1 Å². The lowest BCUT2D eigenvalue weighted by Crippen LogP contribution is -2.28. The Morgan fingerprint density at radius 3 is 2.24 bits per heavy atom. The van der Waals surface area contributed by atoms with Crippen LogP contribution in [0.15, 0.2) is 78.7 Å². The first kappa shape index (κ1) is 25.3. The van der Waals surface area contributed by atoms with Crippen molar-refractivity contribution in [3.05, 3.63) is 95.4 Å². The van der Waals surface area contributed by atoms with E-state index in [9.17, 15) is 31.1 Å². The van der Waals surface area contributed by atoms with E-state index in [0.717, 1.165) is 12.0 Å². The van der Waals surface area contributed by atoms with Gasteiger partial charge in [-0.25, -0.2) is 0 Å². The van der Waals surface area contributed by atoms with Crippen molar-refractivity contribution in [1.29, 1.82) is 0 Å². The Morgan fingerprint density at radius 2 is 1.68 bits per heavy atom. The van der Waals surface area contributed by atoms with E-state index in [4.69, 9.17) is 0 Å². The van der Waals surface area contributed by atoms with Crippen LogP contribution in [0.2, 0.25) is 0 Å². The molecule has 0 saturated carbocycles. The van der Waals surface area contributed by atoms with Gasteiger partial charge < -0.3 is 4.90 Å². The third-order valence-electron chi connectivity index (χ3n) is 5.61. The average Bonchev–Trinajstić information content (AvgIpc) is 3.28. The first-order valence-corrected chi connectivity index (χ1v) is 10.4. The van der Waals surface area contributed by atoms with Crippen LogP contribution in [0.4, 0.5) is 26.3 Å². The standard InChI is InChI=1S/C25H22F6N2O/c1-16(12-22(25(29,30)31)13-17(2)24(26,27)28)18-5-7-19(8-6-18)23(34)33-11-9-21(15-33)20-4-3-10-32-14-20/h3-8,10,12-14,21H,2,9,11,15H2,1H3/b16-12+,22-13+. The van der Waals surface area contributed by atoms with E-state index in [1.165, 1.54) is 31.2 Å². The number of allylic oxidation sites excluding steroid dienone is 5. The smallest absolute Gasteiger partial charge is 0.338 e. The number of rotatable bonds is 5. The summed E-state index contributed by atoms with van der Waals surface area (Å²) in [5, 5.41) is 0. The number of likely N-dealkylation sites (tertiary alicyclic amines) is 1. The predicted molar refractivity (Wildman–Crippen MR) is 117 cm³/mol. The molecule has 9 heteroatoms. The number of aromatic nitrogens is 1. The second kappa shape index (κ2) is 9.87. The lowest BCUT2D eigenvalue weighted by atomic mass is 10.0. The van der Waals surface area contributed by atoms with Gasteiger partial charge in [0.05, 0.1) is 5.57 Å². The molecule has 3 rings (SSSR count). The number of alkyl halides is 6. The van der Waals surface area contributed by atoms with E-state index in [2.05, 4.69) is 11.6 Å². The molecule has 1 atom stereocenters.